The van der Waals surface area contributed by atoms with E-state index in [-0.39, 0.29) is 18.6 Å². The summed E-state index contributed by atoms with van der Waals surface area (Å²) in [6, 6.07) is 0. The largest absolute Gasteiger partial charge is 0.443 e. The Bertz CT molecular complexity index is 441. The molecule has 0 radical (unpaired) electrons. The van der Waals surface area contributed by atoms with Gasteiger partial charge in [0.25, 0.3) is 10.1 Å². The van der Waals surface area contributed by atoms with E-state index in [1.807, 2.05) is 20.8 Å². The molecule has 0 aromatic heterocycles. The van der Waals surface area contributed by atoms with Crippen molar-refractivity contribution in [2.45, 2.75) is 26.9 Å². The zero-order chi connectivity index (χ0) is 15.6. The van der Waals surface area contributed by atoms with Crippen molar-refractivity contribution >= 4 is 16.2 Å². The van der Waals surface area contributed by atoms with E-state index in [9.17, 15) is 13.2 Å². The first kappa shape index (κ1) is 17.2. The highest BCUT2D eigenvalue weighted by molar-refractivity contribution is 7.85. The van der Waals surface area contributed by atoms with E-state index < -0.39 is 34.0 Å². The van der Waals surface area contributed by atoms with E-state index in [0.717, 1.165) is 0 Å². The van der Waals surface area contributed by atoms with E-state index in [1.165, 1.54) is 4.90 Å². The van der Waals surface area contributed by atoms with Gasteiger partial charge in [-0.1, -0.05) is 20.8 Å². The fourth-order valence-electron chi connectivity index (χ4n) is 2.13. The zero-order valence-electron chi connectivity index (χ0n) is 12.3. The molecule has 0 aliphatic carbocycles. The van der Waals surface area contributed by atoms with Crippen LogP contribution in [0.3, 0.4) is 0 Å². The van der Waals surface area contributed by atoms with Gasteiger partial charge in [0.1, 0.15) is 6.10 Å². The summed E-state index contributed by atoms with van der Waals surface area (Å²) in [4.78, 5) is 13.4. The van der Waals surface area contributed by atoms with Crippen LogP contribution >= 0.6 is 0 Å². The van der Waals surface area contributed by atoms with Gasteiger partial charge in [-0.3, -0.25) is 4.55 Å². The molecule has 0 aromatic carbocycles. The normalized spacial score (nSPS) is 23.6. The number of amides is 1. The molecule has 1 aliphatic rings. The first-order valence-corrected chi connectivity index (χ1v) is 8.03. The smallest absolute Gasteiger partial charge is 0.409 e. The molecule has 7 nitrogen and oxygen atoms in total. The Morgan fingerprint density at radius 3 is 2.50 bits per heavy atom. The summed E-state index contributed by atoms with van der Waals surface area (Å²) in [5.41, 5.74) is -0.0617. The van der Waals surface area contributed by atoms with Crippen LogP contribution in [0.5, 0.6) is 0 Å². The molecule has 1 N–H and O–H groups in total. The van der Waals surface area contributed by atoms with Crippen LogP contribution in [0.1, 0.15) is 20.8 Å². The van der Waals surface area contributed by atoms with Gasteiger partial charge in [0.2, 0.25) is 0 Å². The Morgan fingerprint density at radius 1 is 1.40 bits per heavy atom. The van der Waals surface area contributed by atoms with Crippen LogP contribution in [-0.2, 0) is 19.6 Å². The topological polar surface area (TPSA) is 93.1 Å². The minimum Gasteiger partial charge on any atom is -0.443 e. The second kappa shape index (κ2) is 6.28. The maximum atomic E-state index is 11.9. The molecule has 8 heteroatoms. The van der Waals surface area contributed by atoms with Crippen molar-refractivity contribution in [2.24, 2.45) is 11.3 Å². The van der Waals surface area contributed by atoms with Crippen LogP contribution in [0.15, 0.2) is 0 Å². The van der Waals surface area contributed by atoms with E-state index in [2.05, 4.69) is 0 Å². The molecule has 1 heterocycles. The second-order valence-corrected chi connectivity index (χ2v) is 7.88. The number of hydrogen-bond donors (Lipinski definition) is 1. The van der Waals surface area contributed by atoms with Crippen LogP contribution in [0.4, 0.5) is 4.79 Å². The minimum absolute atomic E-state index is 0.0617. The highest BCUT2D eigenvalue weighted by atomic mass is 32.2. The molecule has 1 rings (SSSR count). The van der Waals surface area contributed by atoms with Crippen LogP contribution in [0, 0.1) is 11.3 Å². The molecule has 1 fully saturated rings. The van der Waals surface area contributed by atoms with E-state index in [0.29, 0.717) is 6.54 Å². The van der Waals surface area contributed by atoms with Crippen molar-refractivity contribution < 1.29 is 27.2 Å². The fourth-order valence-corrected chi connectivity index (χ4v) is 2.98. The average Bonchev–Trinajstić information content (AvgIpc) is 2.60. The quantitative estimate of drug-likeness (QED) is 0.779. The van der Waals surface area contributed by atoms with Gasteiger partial charge in [0, 0.05) is 19.5 Å². The highest BCUT2D eigenvalue weighted by Crippen LogP contribution is 2.21. The lowest BCUT2D eigenvalue weighted by Crippen LogP contribution is -2.39. The van der Waals surface area contributed by atoms with Crippen molar-refractivity contribution in [3.05, 3.63) is 0 Å². The van der Waals surface area contributed by atoms with E-state index >= 15 is 0 Å². The number of nitrogens with zero attached hydrogens (tertiary/aromatic N) is 1. The van der Waals surface area contributed by atoms with Crippen LogP contribution in [-0.4, -0.2) is 62.6 Å². The lowest BCUT2D eigenvalue weighted by atomic mass is 9.96. The minimum atomic E-state index is -4.11. The van der Waals surface area contributed by atoms with Crippen molar-refractivity contribution in [2.75, 3.05) is 32.6 Å². The Balaban J connectivity index is 2.56. The first-order valence-electron chi connectivity index (χ1n) is 6.42. The molecule has 1 saturated heterocycles. The maximum absolute atomic E-state index is 11.9. The van der Waals surface area contributed by atoms with Crippen molar-refractivity contribution in [3.8, 4) is 0 Å². The predicted molar refractivity (Wildman–Crippen MR) is 73.1 cm³/mol. The highest BCUT2D eigenvalue weighted by Gasteiger charge is 2.35. The molecule has 2 atom stereocenters. The van der Waals surface area contributed by atoms with E-state index in [1.54, 1.807) is 7.05 Å². The molecule has 20 heavy (non-hydrogen) atoms. The third kappa shape index (κ3) is 6.06. The summed E-state index contributed by atoms with van der Waals surface area (Å²) in [5, 5.41) is 0. The summed E-state index contributed by atoms with van der Waals surface area (Å²) in [6.07, 6.45) is -1.16. The van der Waals surface area contributed by atoms with Gasteiger partial charge in [-0.2, -0.15) is 8.42 Å². The number of carbonyl (C=O) groups is 1. The monoisotopic (exact) mass is 309 g/mol. The third-order valence-corrected chi connectivity index (χ3v) is 3.69. The number of ether oxygens (including phenoxy) is 2. The Labute approximate surface area is 120 Å². The third-order valence-electron chi connectivity index (χ3n) is 2.84. The van der Waals surface area contributed by atoms with Crippen molar-refractivity contribution in [1.82, 2.24) is 4.90 Å². The second-order valence-electron chi connectivity index (χ2n) is 6.39. The SMILES string of the molecule is CN(CC(C)(C)C)C(=O)O[C@@H]1COC[C@@H]1CS(=O)(=O)O. The molecule has 0 spiro atoms. The summed E-state index contributed by atoms with van der Waals surface area (Å²) in [6.45, 7) is 6.81. The predicted octanol–water partition coefficient (Wildman–Crippen LogP) is 1.00. The molecular weight excluding hydrogens is 286 g/mol. The van der Waals surface area contributed by atoms with Crippen molar-refractivity contribution in [1.29, 1.82) is 0 Å². The van der Waals surface area contributed by atoms with E-state index in [4.69, 9.17) is 14.0 Å². The van der Waals surface area contributed by atoms with Gasteiger partial charge in [0.15, 0.2) is 0 Å². The molecule has 0 bridgehead atoms. The number of hydrogen-bond acceptors (Lipinski definition) is 5. The molecule has 0 saturated carbocycles. The van der Waals surface area contributed by atoms with Gasteiger partial charge in [0.05, 0.1) is 19.0 Å². The van der Waals surface area contributed by atoms with Crippen LogP contribution in [0.25, 0.3) is 0 Å². The molecule has 0 aromatic rings. The zero-order valence-corrected chi connectivity index (χ0v) is 13.1. The summed E-state index contributed by atoms with van der Waals surface area (Å²) < 4.78 is 41.0. The number of carbonyl (C=O) groups excluding carboxylic acids is 1. The average molecular weight is 309 g/mol. The fraction of sp³-hybridized carbons (Fsp3) is 0.917. The lowest BCUT2D eigenvalue weighted by Gasteiger charge is -2.27. The standard InChI is InChI=1S/C12H23NO6S/c1-12(2,3)8-13(4)11(14)19-10-6-18-5-9(10)7-20(15,16)17/h9-10H,5-8H2,1-4H3,(H,15,16,17)/t9-,10-/m1/s1. The van der Waals surface area contributed by atoms with Gasteiger partial charge >= 0.3 is 6.09 Å². The lowest BCUT2D eigenvalue weighted by molar-refractivity contribution is 0.0450. The molecule has 118 valence electrons. The van der Waals surface area contributed by atoms with Crippen LogP contribution in [0.2, 0.25) is 0 Å². The van der Waals surface area contributed by atoms with Crippen LogP contribution < -0.4 is 0 Å². The van der Waals surface area contributed by atoms with Gasteiger partial charge in [-0.05, 0) is 5.41 Å². The van der Waals surface area contributed by atoms with Crippen molar-refractivity contribution in [3.63, 3.8) is 0 Å². The first-order chi connectivity index (χ1) is 8.98. The number of rotatable bonds is 4. The van der Waals surface area contributed by atoms with Gasteiger partial charge < -0.3 is 14.4 Å². The Kier molecular flexibility index (Phi) is 5.39. The Hall–Kier alpha value is -0.860. The Morgan fingerprint density at radius 2 is 2.00 bits per heavy atom. The maximum Gasteiger partial charge on any atom is 0.409 e. The van der Waals surface area contributed by atoms with Gasteiger partial charge in [-0.15, -0.1) is 0 Å². The summed E-state index contributed by atoms with van der Waals surface area (Å²) >= 11 is 0. The molecular formula is C12H23NO6S. The van der Waals surface area contributed by atoms with Gasteiger partial charge in [-0.25, -0.2) is 4.79 Å². The summed E-state index contributed by atoms with van der Waals surface area (Å²) in [7, 11) is -2.48. The molecule has 0 unspecified atom stereocenters. The molecule has 1 aliphatic heterocycles. The summed E-state index contributed by atoms with van der Waals surface area (Å²) in [5.74, 6) is -0.995. The molecule has 1 amide bonds.